The molecule has 2 saturated heterocycles. The fraction of sp³-hybridized carbons (Fsp3) is 0.829. The summed E-state index contributed by atoms with van der Waals surface area (Å²) in [6.07, 6.45) is 18.1. The van der Waals surface area contributed by atoms with Gasteiger partial charge in [0.1, 0.15) is 11.4 Å². The molecule has 7 atom stereocenters. The molecule has 41 heavy (non-hydrogen) atoms. The maximum absolute atomic E-state index is 12.9. The molecule has 2 unspecified atom stereocenters. The van der Waals surface area contributed by atoms with Crippen LogP contribution in [0.4, 0.5) is 0 Å². The van der Waals surface area contributed by atoms with Crippen molar-refractivity contribution >= 4 is 0 Å². The first-order chi connectivity index (χ1) is 19.9. The lowest BCUT2D eigenvalue weighted by molar-refractivity contribution is -0.237. The van der Waals surface area contributed by atoms with Crippen molar-refractivity contribution in [3.05, 3.63) is 35.8 Å². The summed E-state index contributed by atoms with van der Waals surface area (Å²) in [6, 6.07) is 4.10. The Balaban J connectivity index is 1.08. The van der Waals surface area contributed by atoms with E-state index in [-0.39, 0.29) is 16.7 Å². The van der Waals surface area contributed by atoms with Gasteiger partial charge >= 0.3 is 0 Å². The maximum Gasteiger partial charge on any atom is 0.136 e. The Bertz CT molecular complexity index is 1080. The van der Waals surface area contributed by atoms with E-state index in [0.29, 0.717) is 18.6 Å². The molecular formula is C35H54N2O4. The van der Waals surface area contributed by atoms with Crippen molar-refractivity contribution in [1.29, 1.82) is 0 Å². The lowest BCUT2D eigenvalue weighted by Crippen LogP contribution is -2.63. The maximum atomic E-state index is 12.9. The first-order valence-electron chi connectivity index (χ1n) is 17.0. The van der Waals surface area contributed by atoms with Gasteiger partial charge in [-0.2, -0.15) is 0 Å². The zero-order valence-electron chi connectivity index (χ0n) is 25.7. The molecule has 1 aromatic rings. The molecule has 6 nitrogen and oxygen atoms in total. The summed E-state index contributed by atoms with van der Waals surface area (Å²) >= 11 is 0. The second-order valence-electron chi connectivity index (χ2n) is 14.9. The Kier molecular flexibility index (Phi) is 7.72. The van der Waals surface area contributed by atoms with Crippen LogP contribution in [0, 0.1) is 22.7 Å². The Morgan fingerprint density at radius 2 is 1.63 bits per heavy atom. The third-order valence-corrected chi connectivity index (χ3v) is 13.2. The molecule has 0 radical (unpaired) electrons. The highest BCUT2D eigenvalue weighted by Gasteiger charge is 2.73. The Hall–Kier alpha value is -1.18. The number of ether oxygens (including phenoxy) is 2. The van der Waals surface area contributed by atoms with Crippen LogP contribution in [0.2, 0.25) is 0 Å². The van der Waals surface area contributed by atoms with Gasteiger partial charge in [-0.25, -0.2) is 0 Å². The lowest BCUT2D eigenvalue weighted by Gasteiger charge is -2.62. The van der Waals surface area contributed by atoms with Gasteiger partial charge in [-0.05, 0) is 133 Å². The quantitative estimate of drug-likeness (QED) is 0.362. The van der Waals surface area contributed by atoms with Crippen LogP contribution in [0.3, 0.4) is 0 Å². The van der Waals surface area contributed by atoms with Gasteiger partial charge < -0.3 is 28.8 Å². The van der Waals surface area contributed by atoms with Crippen molar-refractivity contribution in [3.63, 3.8) is 0 Å². The van der Waals surface area contributed by atoms with Crippen molar-refractivity contribution in [3.8, 4) is 0 Å². The lowest BCUT2D eigenvalue weighted by atomic mass is 9.45. The number of fused-ring (bicyclic) bond motifs is 5. The molecule has 6 aliphatic rings. The molecule has 6 heteroatoms. The minimum absolute atomic E-state index is 0.168. The van der Waals surface area contributed by atoms with E-state index in [1.165, 1.54) is 58.3 Å². The van der Waals surface area contributed by atoms with Crippen LogP contribution >= 0.6 is 0 Å². The summed E-state index contributed by atoms with van der Waals surface area (Å²) in [5.74, 6) is 1.70. The number of nitrogens with zero attached hydrogens (tertiary/aromatic N) is 2. The van der Waals surface area contributed by atoms with Gasteiger partial charge in [-0.15, -0.1) is 0 Å². The third-order valence-electron chi connectivity index (χ3n) is 13.2. The van der Waals surface area contributed by atoms with E-state index in [0.717, 1.165) is 70.4 Å². The van der Waals surface area contributed by atoms with Crippen LogP contribution in [0.5, 0.6) is 0 Å². The molecule has 3 heterocycles. The van der Waals surface area contributed by atoms with Crippen LogP contribution < -0.4 is 0 Å². The van der Waals surface area contributed by atoms with Crippen LogP contribution in [-0.4, -0.2) is 79.1 Å². The molecule has 0 amide bonds. The highest BCUT2D eigenvalue weighted by Crippen LogP contribution is 2.71. The van der Waals surface area contributed by atoms with E-state index < -0.39 is 11.2 Å². The monoisotopic (exact) mass is 566 g/mol. The molecule has 4 aliphatic carbocycles. The van der Waals surface area contributed by atoms with E-state index in [1.807, 2.05) is 6.07 Å². The molecule has 3 saturated carbocycles. The molecule has 0 aromatic carbocycles. The zero-order chi connectivity index (χ0) is 28.1. The number of hydrogen-bond donors (Lipinski definition) is 1. The van der Waals surface area contributed by atoms with Crippen molar-refractivity contribution < 1.29 is 19.0 Å². The highest BCUT2D eigenvalue weighted by atomic mass is 16.5. The predicted octanol–water partition coefficient (Wildman–Crippen LogP) is 6.15. The van der Waals surface area contributed by atoms with Gasteiger partial charge in [0.05, 0.1) is 31.2 Å². The molecule has 1 aromatic heterocycles. The second-order valence-corrected chi connectivity index (χ2v) is 14.9. The molecule has 1 N–H and O–H groups in total. The van der Waals surface area contributed by atoms with Crippen molar-refractivity contribution in [1.82, 2.24) is 9.80 Å². The second kappa shape index (κ2) is 11.1. The topological polar surface area (TPSA) is 58.3 Å². The number of furan rings is 1. The van der Waals surface area contributed by atoms with Gasteiger partial charge in [0.15, 0.2) is 0 Å². The van der Waals surface area contributed by atoms with E-state index in [9.17, 15) is 5.11 Å². The van der Waals surface area contributed by atoms with Crippen molar-refractivity contribution in [2.45, 2.75) is 108 Å². The summed E-state index contributed by atoms with van der Waals surface area (Å²) in [6.45, 7) is 13.3. The van der Waals surface area contributed by atoms with Gasteiger partial charge in [-0.3, -0.25) is 0 Å². The molecular weight excluding hydrogens is 512 g/mol. The van der Waals surface area contributed by atoms with Gasteiger partial charge in [0.2, 0.25) is 0 Å². The summed E-state index contributed by atoms with van der Waals surface area (Å²) in [5.41, 5.74) is 0.0790. The van der Waals surface area contributed by atoms with Crippen molar-refractivity contribution in [2.75, 3.05) is 52.5 Å². The largest absolute Gasteiger partial charge is 0.466 e. The third kappa shape index (κ3) is 4.61. The fourth-order valence-corrected chi connectivity index (χ4v) is 10.7. The highest BCUT2D eigenvalue weighted by molar-refractivity contribution is 5.32. The average Bonchev–Trinajstić information content (AvgIpc) is 3.79. The molecule has 0 bridgehead atoms. The van der Waals surface area contributed by atoms with Gasteiger partial charge in [0.25, 0.3) is 0 Å². The van der Waals surface area contributed by atoms with E-state index in [1.54, 1.807) is 11.8 Å². The molecule has 228 valence electrons. The van der Waals surface area contributed by atoms with E-state index in [2.05, 4.69) is 35.8 Å². The van der Waals surface area contributed by atoms with Crippen LogP contribution in [-0.2, 0) is 15.1 Å². The SMILES string of the molecule is C[C@]12CCC(OCCN3CCCC3)CC1=CC[C@@H]1[C@H]2CC[C@]2(C)C(OCCN3CCCC3)(c3ccco3)CC[C@@]12O. The fourth-order valence-electron chi connectivity index (χ4n) is 10.7. The van der Waals surface area contributed by atoms with E-state index >= 15 is 0 Å². The van der Waals surface area contributed by atoms with Crippen LogP contribution in [0.15, 0.2) is 34.5 Å². The minimum atomic E-state index is -0.759. The minimum Gasteiger partial charge on any atom is -0.466 e. The summed E-state index contributed by atoms with van der Waals surface area (Å²) in [4.78, 5) is 5.08. The predicted molar refractivity (Wildman–Crippen MR) is 161 cm³/mol. The van der Waals surface area contributed by atoms with Gasteiger partial charge in [0, 0.05) is 18.5 Å². The zero-order valence-corrected chi connectivity index (χ0v) is 25.7. The first-order valence-corrected chi connectivity index (χ1v) is 17.0. The van der Waals surface area contributed by atoms with Crippen LogP contribution in [0.25, 0.3) is 0 Å². The summed E-state index contributed by atoms with van der Waals surface area (Å²) in [5, 5.41) is 12.9. The normalized spacial score (nSPS) is 43.1. The molecule has 5 fully saturated rings. The summed E-state index contributed by atoms with van der Waals surface area (Å²) in [7, 11) is 0. The van der Waals surface area contributed by atoms with Crippen molar-refractivity contribution in [2.24, 2.45) is 22.7 Å². The van der Waals surface area contributed by atoms with Gasteiger partial charge in [-0.1, -0.05) is 25.5 Å². The molecule has 2 aliphatic heterocycles. The Labute approximate surface area is 247 Å². The number of likely N-dealkylation sites (tertiary alicyclic amines) is 2. The van der Waals surface area contributed by atoms with Crippen LogP contribution in [0.1, 0.15) is 96.7 Å². The smallest absolute Gasteiger partial charge is 0.136 e. The molecule has 0 spiro atoms. The summed E-state index contributed by atoms with van der Waals surface area (Å²) < 4.78 is 19.6. The Morgan fingerprint density at radius 3 is 2.34 bits per heavy atom. The number of allylic oxidation sites excluding steroid dienone is 1. The Morgan fingerprint density at radius 1 is 0.902 bits per heavy atom. The number of aliphatic hydroxyl groups is 1. The van der Waals surface area contributed by atoms with E-state index in [4.69, 9.17) is 13.9 Å². The standard InChI is InChI=1S/C35H54N2O4/c1-32-13-11-28(39-24-21-36-17-3-4-18-36)26-27(32)9-10-30-29(32)12-14-33(2)34(30,38)15-16-35(33,31-8-7-23-40-31)41-25-22-37-19-5-6-20-37/h7-9,23,28-30,38H,3-6,10-22,24-26H2,1-2H3/t28?,29-,30-,32+,33+,34-,35?/m1/s1. The number of rotatable bonds is 9. The number of hydrogen-bond acceptors (Lipinski definition) is 6. The molecule has 7 rings (SSSR count). The first kappa shape index (κ1) is 28.6. The average molecular weight is 567 g/mol.